The van der Waals surface area contributed by atoms with E-state index in [-0.39, 0.29) is 42.5 Å². The third-order valence-electron chi connectivity index (χ3n) is 4.92. The molecule has 0 saturated carbocycles. The van der Waals surface area contributed by atoms with Gasteiger partial charge in [-0.1, -0.05) is 0 Å². The summed E-state index contributed by atoms with van der Waals surface area (Å²) >= 11 is 0. The van der Waals surface area contributed by atoms with Crippen LogP contribution in [0.15, 0.2) is 0 Å². The second-order valence-electron chi connectivity index (χ2n) is 6.34. The molecule has 2 bridgehead atoms. The molecular weight excluding hydrogens is 300 g/mol. The second-order valence-corrected chi connectivity index (χ2v) is 10.8. The summed E-state index contributed by atoms with van der Waals surface area (Å²) in [5, 5.41) is -0.525. The van der Waals surface area contributed by atoms with Gasteiger partial charge in [-0.3, -0.25) is 0 Å². The van der Waals surface area contributed by atoms with Crippen LogP contribution in [0.25, 0.3) is 0 Å². The first-order chi connectivity index (χ1) is 9.29. The van der Waals surface area contributed by atoms with E-state index < -0.39 is 25.1 Å². The first-order valence-electron chi connectivity index (χ1n) is 7.28. The van der Waals surface area contributed by atoms with Crippen molar-refractivity contribution in [3.05, 3.63) is 0 Å². The molecule has 0 spiro atoms. The molecule has 0 aromatic carbocycles. The Kier molecular flexibility index (Phi) is 3.63. The molecule has 3 fully saturated rings. The van der Waals surface area contributed by atoms with Crippen LogP contribution < -0.4 is 5.73 Å². The first kappa shape index (κ1) is 14.7. The minimum absolute atomic E-state index is 0.000413. The Morgan fingerprint density at radius 1 is 0.950 bits per heavy atom. The summed E-state index contributed by atoms with van der Waals surface area (Å²) in [6.07, 6.45) is 3.74. The van der Waals surface area contributed by atoms with Crippen LogP contribution in [0.3, 0.4) is 0 Å². The number of nitrogens with zero attached hydrogens (tertiary/aromatic N) is 1. The zero-order chi connectivity index (χ0) is 14.5. The zero-order valence-corrected chi connectivity index (χ0v) is 13.1. The van der Waals surface area contributed by atoms with Crippen molar-refractivity contribution in [3.8, 4) is 0 Å². The Morgan fingerprint density at radius 2 is 1.45 bits per heavy atom. The maximum absolute atomic E-state index is 12.8. The number of sulfone groups is 1. The summed E-state index contributed by atoms with van der Waals surface area (Å²) in [4.78, 5) is 0. The maximum atomic E-state index is 12.8. The SMILES string of the molecule is NC1CC2CCC(C1)N2S(=O)(=O)C1CCS(=O)(=O)CC1. The highest BCUT2D eigenvalue weighted by Crippen LogP contribution is 2.39. The molecule has 3 rings (SSSR count). The molecule has 0 aliphatic carbocycles. The third-order valence-corrected chi connectivity index (χ3v) is 9.13. The molecule has 0 amide bonds. The number of nitrogens with two attached hydrogens (primary N) is 1. The van der Waals surface area contributed by atoms with Gasteiger partial charge in [0.05, 0.1) is 16.8 Å². The first-order valence-corrected chi connectivity index (χ1v) is 10.6. The third kappa shape index (κ3) is 2.51. The van der Waals surface area contributed by atoms with Crippen LogP contribution in [-0.4, -0.2) is 56.0 Å². The predicted octanol–water partition coefficient (Wildman–Crippen LogP) is -0.152. The molecular formula is C12H22N2O4S2. The lowest BCUT2D eigenvalue weighted by atomic mass is 10.0. The second kappa shape index (κ2) is 4.93. The van der Waals surface area contributed by atoms with E-state index in [9.17, 15) is 16.8 Å². The fourth-order valence-corrected chi connectivity index (χ4v) is 8.11. The van der Waals surface area contributed by atoms with Crippen molar-refractivity contribution in [2.75, 3.05) is 11.5 Å². The van der Waals surface area contributed by atoms with E-state index in [0.717, 1.165) is 25.7 Å². The molecule has 3 saturated heterocycles. The van der Waals surface area contributed by atoms with Gasteiger partial charge in [-0.2, -0.15) is 4.31 Å². The van der Waals surface area contributed by atoms with Gasteiger partial charge in [-0.25, -0.2) is 16.8 Å². The van der Waals surface area contributed by atoms with Crippen molar-refractivity contribution in [1.29, 1.82) is 0 Å². The number of hydrogen-bond donors (Lipinski definition) is 1. The van der Waals surface area contributed by atoms with Gasteiger partial charge in [0.2, 0.25) is 10.0 Å². The lowest BCUT2D eigenvalue weighted by Gasteiger charge is -2.39. The molecule has 3 aliphatic rings. The van der Waals surface area contributed by atoms with Gasteiger partial charge in [0, 0.05) is 18.1 Å². The molecule has 2 atom stereocenters. The summed E-state index contributed by atoms with van der Waals surface area (Å²) < 4.78 is 50.2. The summed E-state index contributed by atoms with van der Waals surface area (Å²) in [6.45, 7) is 0. The number of fused-ring (bicyclic) bond motifs is 2. The van der Waals surface area contributed by atoms with Crippen LogP contribution in [-0.2, 0) is 19.9 Å². The quantitative estimate of drug-likeness (QED) is 0.762. The molecule has 8 heteroatoms. The number of rotatable bonds is 2. The van der Waals surface area contributed by atoms with E-state index in [1.807, 2.05) is 0 Å². The molecule has 116 valence electrons. The van der Waals surface area contributed by atoms with Crippen LogP contribution in [0.5, 0.6) is 0 Å². The molecule has 3 heterocycles. The van der Waals surface area contributed by atoms with Gasteiger partial charge in [0.25, 0.3) is 0 Å². The highest BCUT2D eigenvalue weighted by Gasteiger charge is 2.49. The van der Waals surface area contributed by atoms with Gasteiger partial charge in [-0.05, 0) is 38.5 Å². The standard InChI is InChI=1S/C12H22N2O4S2/c13-9-7-10-1-2-11(8-9)14(10)20(17,18)12-3-5-19(15,16)6-4-12/h9-12H,1-8,13H2. The summed E-state index contributed by atoms with van der Waals surface area (Å²) in [6, 6.07) is 0.172. The Labute approximate surface area is 120 Å². The minimum Gasteiger partial charge on any atom is -0.328 e. The Morgan fingerprint density at radius 3 is 1.95 bits per heavy atom. The normalized spacial score (nSPS) is 39.0. The number of sulfonamides is 1. The molecule has 6 nitrogen and oxygen atoms in total. The highest BCUT2D eigenvalue weighted by molar-refractivity contribution is 7.92. The van der Waals surface area contributed by atoms with Gasteiger partial charge in [0.15, 0.2) is 0 Å². The highest BCUT2D eigenvalue weighted by atomic mass is 32.2. The fourth-order valence-electron chi connectivity index (χ4n) is 3.93. The Hall–Kier alpha value is -0.180. The Bertz CT molecular complexity index is 559. The minimum atomic E-state index is -3.38. The monoisotopic (exact) mass is 322 g/mol. The molecule has 0 aromatic rings. The van der Waals surface area contributed by atoms with E-state index >= 15 is 0 Å². The zero-order valence-electron chi connectivity index (χ0n) is 11.4. The van der Waals surface area contributed by atoms with Crippen LogP contribution in [0, 0.1) is 0 Å². The van der Waals surface area contributed by atoms with Gasteiger partial charge >= 0.3 is 0 Å². The Balaban J connectivity index is 1.80. The van der Waals surface area contributed by atoms with Crippen molar-refractivity contribution in [2.24, 2.45) is 5.73 Å². The van der Waals surface area contributed by atoms with Crippen molar-refractivity contribution >= 4 is 19.9 Å². The number of piperidine rings is 1. The molecule has 0 aromatic heterocycles. The van der Waals surface area contributed by atoms with Crippen LogP contribution in [0.1, 0.15) is 38.5 Å². The summed E-state index contributed by atoms with van der Waals surface area (Å²) in [7, 11) is -6.41. The van der Waals surface area contributed by atoms with Crippen LogP contribution in [0.2, 0.25) is 0 Å². The van der Waals surface area contributed by atoms with Gasteiger partial charge in [0.1, 0.15) is 9.84 Å². The fraction of sp³-hybridized carbons (Fsp3) is 1.00. The lowest BCUT2D eigenvalue weighted by molar-refractivity contribution is 0.224. The molecule has 2 unspecified atom stereocenters. The topological polar surface area (TPSA) is 97.5 Å². The largest absolute Gasteiger partial charge is 0.328 e. The summed E-state index contributed by atoms with van der Waals surface area (Å²) in [5.74, 6) is -0.000826. The van der Waals surface area contributed by atoms with E-state index in [1.165, 1.54) is 0 Å². The predicted molar refractivity (Wildman–Crippen MR) is 76.5 cm³/mol. The molecule has 3 aliphatic heterocycles. The lowest BCUT2D eigenvalue weighted by Crippen LogP contribution is -2.53. The molecule has 0 radical (unpaired) electrons. The van der Waals surface area contributed by atoms with E-state index in [4.69, 9.17) is 5.73 Å². The van der Waals surface area contributed by atoms with Crippen molar-refractivity contribution < 1.29 is 16.8 Å². The van der Waals surface area contributed by atoms with Crippen molar-refractivity contribution in [2.45, 2.75) is 61.9 Å². The maximum Gasteiger partial charge on any atom is 0.217 e. The smallest absolute Gasteiger partial charge is 0.217 e. The average molecular weight is 322 g/mol. The van der Waals surface area contributed by atoms with Crippen LogP contribution in [0.4, 0.5) is 0 Å². The van der Waals surface area contributed by atoms with Crippen LogP contribution >= 0.6 is 0 Å². The van der Waals surface area contributed by atoms with E-state index in [1.54, 1.807) is 4.31 Å². The van der Waals surface area contributed by atoms with E-state index in [2.05, 4.69) is 0 Å². The van der Waals surface area contributed by atoms with Gasteiger partial charge in [-0.15, -0.1) is 0 Å². The number of hydrogen-bond acceptors (Lipinski definition) is 5. The summed E-state index contributed by atoms with van der Waals surface area (Å²) in [5.41, 5.74) is 5.97. The molecule has 2 N–H and O–H groups in total. The van der Waals surface area contributed by atoms with Crippen molar-refractivity contribution in [1.82, 2.24) is 4.31 Å². The van der Waals surface area contributed by atoms with Crippen molar-refractivity contribution in [3.63, 3.8) is 0 Å². The van der Waals surface area contributed by atoms with E-state index in [0.29, 0.717) is 0 Å². The average Bonchev–Trinajstić information content (AvgIpc) is 2.62. The molecule has 20 heavy (non-hydrogen) atoms. The van der Waals surface area contributed by atoms with Gasteiger partial charge < -0.3 is 5.73 Å².